The van der Waals surface area contributed by atoms with Gasteiger partial charge in [0.25, 0.3) is 11.6 Å². The standard InChI is InChI=1S/C20H20N4O3/c1-23(2)18-9-8-16(24(26)27)13-17(18)20(25)22-12-10-15-6-3-5-14-7-4-11-21-19(14)15/h3-9,11,13H,10,12H2,1-2H3,(H,22,25). The number of carbonyl (C=O) groups excluding carboxylic acids is 1. The molecule has 0 bridgehead atoms. The van der Waals surface area contributed by atoms with Gasteiger partial charge in [-0.15, -0.1) is 0 Å². The van der Waals surface area contributed by atoms with Crippen molar-refractivity contribution in [2.24, 2.45) is 0 Å². The highest BCUT2D eigenvalue weighted by molar-refractivity contribution is 6.00. The van der Waals surface area contributed by atoms with E-state index in [1.807, 2.05) is 30.3 Å². The van der Waals surface area contributed by atoms with Crippen molar-refractivity contribution < 1.29 is 9.72 Å². The van der Waals surface area contributed by atoms with Crippen LogP contribution in [-0.4, -0.2) is 36.5 Å². The van der Waals surface area contributed by atoms with Gasteiger partial charge >= 0.3 is 0 Å². The minimum absolute atomic E-state index is 0.107. The van der Waals surface area contributed by atoms with Crippen molar-refractivity contribution in [1.29, 1.82) is 0 Å². The first-order chi connectivity index (χ1) is 13.0. The first-order valence-electron chi connectivity index (χ1n) is 8.54. The van der Waals surface area contributed by atoms with Gasteiger partial charge in [0, 0.05) is 50.0 Å². The van der Waals surface area contributed by atoms with Crippen LogP contribution in [-0.2, 0) is 6.42 Å². The molecule has 3 rings (SSSR count). The van der Waals surface area contributed by atoms with Gasteiger partial charge in [-0.1, -0.05) is 24.3 Å². The number of amides is 1. The van der Waals surface area contributed by atoms with Gasteiger partial charge in [0.1, 0.15) is 0 Å². The number of rotatable bonds is 6. The molecule has 0 fully saturated rings. The van der Waals surface area contributed by atoms with Gasteiger partial charge in [-0.05, 0) is 24.1 Å². The van der Waals surface area contributed by atoms with E-state index in [4.69, 9.17) is 0 Å². The molecule has 3 aromatic rings. The van der Waals surface area contributed by atoms with Crippen LogP contribution < -0.4 is 10.2 Å². The predicted molar refractivity (Wildman–Crippen MR) is 105 cm³/mol. The van der Waals surface area contributed by atoms with Crippen molar-refractivity contribution in [3.05, 3.63) is 76.0 Å². The predicted octanol–water partition coefficient (Wildman–Crippen LogP) is 3.18. The second-order valence-corrected chi connectivity index (χ2v) is 6.35. The van der Waals surface area contributed by atoms with E-state index >= 15 is 0 Å². The van der Waals surface area contributed by atoms with Crippen LogP contribution in [0.4, 0.5) is 11.4 Å². The molecule has 1 N–H and O–H groups in total. The second kappa shape index (κ2) is 7.82. The third kappa shape index (κ3) is 4.03. The normalized spacial score (nSPS) is 10.6. The molecule has 0 spiro atoms. The molecule has 27 heavy (non-hydrogen) atoms. The number of hydrogen-bond acceptors (Lipinski definition) is 5. The van der Waals surface area contributed by atoms with E-state index in [0.717, 1.165) is 16.5 Å². The summed E-state index contributed by atoms with van der Waals surface area (Å²) in [5.74, 6) is -0.337. The van der Waals surface area contributed by atoms with Crippen molar-refractivity contribution >= 4 is 28.2 Å². The Hall–Kier alpha value is -3.48. The van der Waals surface area contributed by atoms with Crippen molar-refractivity contribution in [3.8, 4) is 0 Å². The van der Waals surface area contributed by atoms with Crippen LogP contribution in [0.1, 0.15) is 15.9 Å². The average molecular weight is 364 g/mol. The molecule has 2 aromatic carbocycles. The van der Waals surface area contributed by atoms with E-state index in [1.165, 1.54) is 12.1 Å². The fourth-order valence-corrected chi connectivity index (χ4v) is 2.98. The number of nitrogens with zero attached hydrogens (tertiary/aromatic N) is 3. The number of nitrogens with one attached hydrogen (secondary N) is 1. The maximum absolute atomic E-state index is 12.6. The smallest absolute Gasteiger partial charge is 0.270 e. The molecule has 0 radical (unpaired) electrons. The number of non-ortho nitro benzene ring substituents is 1. The zero-order chi connectivity index (χ0) is 19.4. The van der Waals surface area contributed by atoms with Gasteiger partial charge in [-0.2, -0.15) is 0 Å². The fraction of sp³-hybridized carbons (Fsp3) is 0.200. The number of pyridine rings is 1. The zero-order valence-electron chi connectivity index (χ0n) is 15.2. The Labute approximate surface area is 156 Å². The molecule has 138 valence electrons. The summed E-state index contributed by atoms with van der Waals surface area (Å²) in [5, 5.41) is 14.9. The van der Waals surface area contributed by atoms with Crippen LogP contribution in [0.15, 0.2) is 54.7 Å². The minimum Gasteiger partial charge on any atom is -0.377 e. The van der Waals surface area contributed by atoms with Crippen LogP contribution in [0.2, 0.25) is 0 Å². The lowest BCUT2D eigenvalue weighted by molar-refractivity contribution is -0.384. The Morgan fingerprint density at radius 3 is 2.70 bits per heavy atom. The van der Waals surface area contributed by atoms with Crippen LogP contribution >= 0.6 is 0 Å². The maximum Gasteiger partial charge on any atom is 0.270 e. The third-order valence-corrected chi connectivity index (χ3v) is 4.31. The molecule has 0 aliphatic carbocycles. The Morgan fingerprint density at radius 1 is 1.19 bits per heavy atom. The van der Waals surface area contributed by atoms with Crippen LogP contribution in [0.25, 0.3) is 10.9 Å². The van der Waals surface area contributed by atoms with Gasteiger partial charge in [-0.3, -0.25) is 19.9 Å². The number of anilines is 1. The van der Waals surface area contributed by atoms with Crippen LogP contribution in [0.3, 0.4) is 0 Å². The lowest BCUT2D eigenvalue weighted by Gasteiger charge is -2.17. The van der Waals surface area contributed by atoms with Crippen molar-refractivity contribution in [2.45, 2.75) is 6.42 Å². The molecule has 1 amide bonds. The summed E-state index contributed by atoms with van der Waals surface area (Å²) in [6, 6.07) is 14.1. The summed E-state index contributed by atoms with van der Waals surface area (Å²) in [6.45, 7) is 0.407. The highest BCUT2D eigenvalue weighted by atomic mass is 16.6. The molecule has 0 aliphatic rings. The SMILES string of the molecule is CN(C)c1ccc([N+](=O)[O-])cc1C(=O)NCCc1cccc2cccnc12. The number of carbonyl (C=O) groups is 1. The van der Waals surface area contributed by atoms with Gasteiger partial charge in [0.15, 0.2) is 0 Å². The number of nitro benzene ring substituents is 1. The Kier molecular flexibility index (Phi) is 5.30. The lowest BCUT2D eigenvalue weighted by Crippen LogP contribution is -2.27. The van der Waals surface area contributed by atoms with Gasteiger partial charge in [0.05, 0.1) is 16.0 Å². The molecule has 7 nitrogen and oxygen atoms in total. The van der Waals surface area contributed by atoms with Crippen LogP contribution in [0, 0.1) is 10.1 Å². The zero-order valence-corrected chi connectivity index (χ0v) is 15.2. The number of hydrogen-bond donors (Lipinski definition) is 1. The molecule has 0 unspecified atom stereocenters. The van der Waals surface area contributed by atoms with Crippen LogP contribution in [0.5, 0.6) is 0 Å². The van der Waals surface area contributed by atoms with E-state index < -0.39 is 4.92 Å². The first-order valence-corrected chi connectivity index (χ1v) is 8.54. The molecule has 7 heteroatoms. The topological polar surface area (TPSA) is 88.4 Å². The summed E-state index contributed by atoms with van der Waals surface area (Å²) >= 11 is 0. The molecular formula is C20H20N4O3. The third-order valence-electron chi connectivity index (χ3n) is 4.31. The van der Waals surface area contributed by atoms with E-state index in [1.54, 1.807) is 31.3 Å². The van der Waals surface area contributed by atoms with E-state index in [2.05, 4.69) is 10.3 Å². The number of fused-ring (bicyclic) bond motifs is 1. The highest BCUT2D eigenvalue weighted by Crippen LogP contribution is 2.24. The number of benzene rings is 2. The largest absolute Gasteiger partial charge is 0.377 e. The molecular weight excluding hydrogens is 344 g/mol. The summed E-state index contributed by atoms with van der Waals surface area (Å²) < 4.78 is 0. The van der Waals surface area contributed by atoms with Crippen molar-refractivity contribution in [1.82, 2.24) is 10.3 Å². The fourth-order valence-electron chi connectivity index (χ4n) is 2.98. The summed E-state index contributed by atoms with van der Waals surface area (Å²) in [4.78, 5) is 29.3. The summed E-state index contributed by atoms with van der Waals surface area (Å²) in [5.41, 5.74) is 2.76. The van der Waals surface area contributed by atoms with Gasteiger partial charge < -0.3 is 10.2 Å². The first kappa shape index (κ1) is 18.3. The Balaban J connectivity index is 1.76. The average Bonchev–Trinajstić information content (AvgIpc) is 2.67. The van der Waals surface area contributed by atoms with E-state index in [9.17, 15) is 14.9 Å². The number of para-hydroxylation sites is 1. The molecule has 0 saturated carbocycles. The molecule has 0 atom stereocenters. The summed E-state index contributed by atoms with van der Waals surface area (Å²) in [6.07, 6.45) is 2.36. The highest BCUT2D eigenvalue weighted by Gasteiger charge is 2.17. The number of nitro groups is 1. The minimum atomic E-state index is -0.502. The molecule has 1 heterocycles. The number of aromatic nitrogens is 1. The van der Waals surface area contributed by atoms with E-state index in [-0.39, 0.29) is 17.2 Å². The van der Waals surface area contributed by atoms with Crippen molar-refractivity contribution in [3.63, 3.8) is 0 Å². The lowest BCUT2D eigenvalue weighted by atomic mass is 10.1. The van der Waals surface area contributed by atoms with Gasteiger partial charge in [0.2, 0.25) is 0 Å². The molecule has 1 aromatic heterocycles. The monoisotopic (exact) mass is 364 g/mol. The second-order valence-electron chi connectivity index (χ2n) is 6.35. The Morgan fingerprint density at radius 2 is 1.96 bits per heavy atom. The molecule has 0 aliphatic heterocycles. The summed E-state index contributed by atoms with van der Waals surface area (Å²) in [7, 11) is 3.58. The van der Waals surface area contributed by atoms with Gasteiger partial charge in [-0.25, -0.2) is 0 Å². The van der Waals surface area contributed by atoms with Crippen molar-refractivity contribution in [2.75, 3.05) is 25.5 Å². The Bertz CT molecular complexity index is 996. The molecule has 0 saturated heterocycles. The quantitative estimate of drug-likeness (QED) is 0.536. The maximum atomic E-state index is 12.6. The van der Waals surface area contributed by atoms with E-state index in [0.29, 0.717) is 18.7 Å².